The Morgan fingerprint density at radius 2 is 2.40 bits per heavy atom. The van der Waals surface area contributed by atoms with Gasteiger partial charge in [-0.3, -0.25) is 0 Å². The van der Waals surface area contributed by atoms with E-state index in [1.807, 2.05) is 19.9 Å². The van der Waals surface area contributed by atoms with Crippen LogP contribution in [0.15, 0.2) is 11.8 Å². The van der Waals surface area contributed by atoms with Crippen molar-refractivity contribution in [2.24, 2.45) is 5.92 Å². The van der Waals surface area contributed by atoms with Crippen LogP contribution in [0.25, 0.3) is 0 Å². The zero-order chi connectivity index (χ0) is 7.72. The zero-order valence-corrected chi connectivity index (χ0v) is 6.09. The minimum absolute atomic E-state index is 0.109. The Morgan fingerprint density at radius 3 is 2.60 bits per heavy atom. The summed E-state index contributed by atoms with van der Waals surface area (Å²) in [6.45, 7) is 3.77. The van der Waals surface area contributed by atoms with Crippen molar-refractivity contribution in [3.63, 3.8) is 0 Å². The van der Waals surface area contributed by atoms with Gasteiger partial charge in [0.25, 0.3) is 0 Å². The van der Waals surface area contributed by atoms with Crippen LogP contribution in [0.2, 0.25) is 0 Å². The number of aliphatic carboxylic acids is 1. The van der Waals surface area contributed by atoms with E-state index in [2.05, 4.69) is 5.32 Å². The first-order chi connectivity index (χ1) is 4.61. The molecule has 0 aromatic heterocycles. The highest BCUT2D eigenvalue weighted by Gasteiger charge is 2.27. The summed E-state index contributed by atoms with van der Waals surface area (Å²) in [5.41, 5.74) is 0.958. The standard InChI is InChI=1S/C7H11NO2/c1-4-3-5(2)8-6(4)7(9)10/h3-4,6,8H,1-2H3,(H,9,10). The molecule has 56 valence electrons. The van der Waals surface area contributed by atoms with E-state index >= 15 is 0 Å². The van der Waals surface area contributed by atoms with E-state index in [0.717, 1.165) is 5.70 Å². The van der Waals surface area contributed by atoms with Crippen LogP contribution in [0.4, 0.5) is 0 Å². The molecular formula is C7H11NO2. The molecule has 2 atom stereocenters. The Labute approximate surface area is 59.7 Å². The van der Waals surface area contributed by atoms with Crippen LogP contribution < -0.4 is 5.32 Å². The normalized spacial score (nSPS) is 31.2. The van der Waals surface area contributed by atoms with Gasteiger partial charge >= 0.3 is 5.97 Å². The average molecular weight is 141 g/mol. The molecule has 1 heterocycles. The SMILES string of the molecule is CC1=CC(C)C(C(=O)O)N1. The predicted octanol–water partition coefficient (Wildman–Crippen LogP) is 0.583. The van der Waals surface area contributed by atoms with Gasteiger partial charge in [-0.05, 0) is 6.92 Å². The molecular weight excluding hydrogens is 130 g/mol. The summed E-state index contributed by atoms with van der Waals surface area (Å²) in [4.78, 5) is 10.5. The van der Waals surface area contributed by atoms with Gasteiger partial charge in [0.2, 0.25) is 0 Å². The fourth-order valence-corrected chi connectivity index (χ4v) is 1.20. The lowest BCUT2D eigenvalue weighted by Crippen LogP contribution is -2.35. The van der Waals surface area contributed by atoms with E-state index in [9.17, 15) is 4.79 Å². The van der Waals surface area contributed by atoms with Gasteiger partial charge in [-0.2, -0.15) is 0 Å². The van der Waals surface area contributed by atoms with E-state index < -0.39 is 12.0 Å². The van der Waals surface area contributed by atoms with Gasteiger partial charge < -0.3 is 10.4 Å². The molecule has 0 saturated carbocycles. The van der Waals surface area contributed by atoms with Gasteiger partial charge in [-0.15, -0.1) is 0 Å². The lowest BCUT2D eigenvalue weighted by molar-refractivity contribution is -0.139. The molecule has 0 bridgehead atoms. The molecule has 1 aliphatic rings. The first kappa shape index (κ1) is 7.12. The van der Waals surface area contributed by atoms with Crippen molar-refractivity contribution in [3.8, 4) is 0 Å². The fourth-order valence-electron chi connectivity index (χ4n) is 1.20. The van der Waals surface area contributed by atoms with E-state index in [-0.39, 0.29) is 5.92 Å². The van der Waals surface area contributed by atoms with Gasteiger partial charge in [-0.25, -0.2) is 4.79 Å². The maximum Gasteiger partial charge on any atom is 0.326 e. The molecule has 0 aromatic carbocycles. The molecule has 3 nitrogen and oxygen atoms in total. The summed E-state index contributed by atoms with van der Waals surface area (Å²) >= 11 is 0. The summed E-state index contributed by atoms with van der Waals surface area (Å²) in [5.74, 6) is -0.668. The minimum Gasteiger partial charge on any atom is -0.480 e. The molecule has 1 rings (SSSR count). The second kappa shape index (κ2) is 2.33. The summed E-state index contributed by atoms with van der Waals surface area (Å²) in [6, 6.07) is -0.417. The van der Waals surface area contributed by atoms with Crippen molar-refractivity contribution in [1.29, 1.82) is 0 Å². The molecule has 0 spiro atoms. The van der Waals surface area contributed by atoms with E-state index in [1.54, 1.807) is 0 Å². The van der Waals surface area contributed by atoms with E-state index in [4.69, 9.17) is 5.11 Å². The second-order valence-corrected chi connectivity index (χ2v) is 2.67. The largest absolute Gasteiger partial charge is 0.480 e. The van der Waals surface area contributed by atoms with Crippen LogP contribution in [0.3, 0.4) is 0 Å². The highest BCUT2D eigenvalue weighted by molar-refractivity contribution is 5.75. The van der Waals surface area contributed by atoms with Gasteiger partial charge in [0.05, 0.1) is 0 Å². The third-order valence-corrected chi connectivity index (χ3v) is 1.69. The van der Waals surface area contributed by atoms with Gasteiger partial charge in [-0.1, -0.05) is 13.0 Å². The Bertz CT molecular complexity index is 186. The van der Waals surface area contributed by atoms with Crippen molar-refractivity contribution in [1.82, 2.24) is 5.32 Å². The summed E-state index contributed by atoms with van der Waals surface area (Å²) in [5, 5.41) is 11.5. The van der Waals surface area contributed by atoms with Crippen molar-refractivity contribution in [2.45, 2.75) is 19.9 Å². The quantitative estimate of drug-likeness (QED) is 0.561. The lowest BCUT2D eigenvalue weighted by atomic mass is 10.1. The monoisotopic (exact) mass is 141 g/mol. The Kier molecular flexibility index (Phi) is 1.66. The highest BCUT2D eigenvalue weighted by atomic mass is 16.4. The number of nitrogens with one attached hydrogen (secondary N) is 1. The number of carboxylic acid groups (broad SMARTS) is 1. The van der Waals surface area contributed by atoms with Gasteiger partial charge in [0, 0.05) is 11.6 Å². The molecule has 10 heavy (non-hydrogen) atoms. The van der Waals surface area contributed by atoms with Crippen molar-refractivity contribution >= 4 is 5.97 Å². The molecule has 0 aliphatic carbocycles. The maximum atomic E-state index is 10.5. The Balaban J connectivity index is 2.63. The van der Waals surface area contributed by atoms with Crippen LogP contribution in [-0.2, 0) is 4.79 Å². The third-order valence-electron chi connectivity index (χ3n) is 1.69. The predicted molar refractivity (Wildman–Crippen MR) is 37.5 cm³/mol. The summed E-state index contributed by atoms with van der Waals surface area (Å²) < 4.78 is 0. The van der Waals surface area contributed by atoms with E-state index in [1.165, 1.54) is 0 Å². The van der Waals surface area contributed by atoms with Crippen LogP contribution in [0.5, 0.6) is 0 Å². The van der Waals surface area contributed by atoms with Crippen molar-refractivity contribution in [3.05, 3.63) is 11.8 Å². The number of allylic oxidation sites excluding steroid dienone is 1. The van der Waals surface area contributed by atoms with E-state index in [0.29, 0.717) is 0 Å². The van der Waals surface area contributed by atoms with Crippen molar-refractivity contribution < 1.29 is 9.90 Å². The third kappa shape index (κ3) is 1.12. The summed E-state index contributed by atoms with van der Waals surface area (Å²) in [7, 11) is 0. The fraction of sp³-hybridized carbons (Fsp3) is 0.571. The average Bonchev–Trinajstić information content (AvgIpc) is 2.10. The smallest absolute Gasteiger partial charge is 0.326 e. The number of carboxylic acids is 1. The van der Waals surface area contributed by atoms with Crippen LogP contribution in [0, 0.1) is 5.92 Å². The Hall–Kier alpha value is -0.990. The van der Waals surface area contributed by atoms with Gasteiger partial charge in [0.15, 0.2) is 0 Å². The molecule has 2 N–H and O–H groups in total. The molecule has 0 fully saturated rings. The number of hydrogen-bond acceptors (Lipinski definition) is 2. The molecule has 0 radical (unpaired) electrons. The first-order valence-corrected chi connectivity index (χ1v) is 3.29. The second-order valence-electron chi connectivity index (χ2n) is 2.67. The molecule has 2 unspecified atom stereocenters. The highest BCUT2D eigenvalue weighted by Crippen LogP contribution is 2.15. The zero-order valence-electron chi connectivity index (χ0n) is 6.09. The van der Waals surface area contributed by atoms with Crippen LogP contribution in [-0.4, -0.2) is 17.1 Å². The lowest BCUT2D eigenvalue weighted by Gasteiger charge is -2.10. The van der Waals surface area contributed by atoms with Crippen molar-refractivity contribution in [2.75, 3.05) is 0 Å². The topological polar surface area (TPSA) is 49.3 Å². The number of hydrogen-bond donors (Lipinski definition) is 2. The maximum absolute atomic E-state index is 10.5. The van der Waals surface area contributed by atoms with Gasteiger partial charge in [0.1, 0.15) is 6.04 Å². The molecule has 0 aromatic rings. The molecule has 3 heteroatoms. The first-order valence-electron chi connectivity index (χ1n) is 3.29. The molecule has 0 saturated heterocycles. The van der Waals surface area contributed by atoms with Crippen LogP contribution >= 0.6 is 0 Å². The molecule has 0 amide bonds. The van der Waals surface area contributed by atoms with Crippen LogP contribution in [0.1, 0.15) is 13.8 Å². The number of carbonyl (C=O) groups is 1. The Morgan fingerprint density at radius 1 is 1.80 bits per heavy atom. The molecule has 1 aliphatic heterocycles. The number of rotatable bonds is 1. The summed E-state index contributed by atoms with van der Waals surface area (Å²) in [6.07, 6.45) is 1.93. The minimum atomic E-state index is -0.777.